The quantitative estimate of drug-likeness (QED) is 0.912. The number of benzene rings is 1. The van der Waals surface area contributed by atoms with Crippen LogP contribution in [-0.4, -0.2) is 20.1 Å². The van der Waals surface area contributed by atoms with Crippen molar-refractivity contribution in [1.29, 1.82) is 0 Å². The molecule has 0 saturated heterocycles. The van der Waals surface area contributed by atoms with Crippen LogP contribution in [0.25, 0.3) is 0 Å². The first-order valence-electron chi connectivity index (χ1n) is 5.26. The van der Waals surface area contributed by atoms with Gasteiger partial charge in [-0.1, -0.05) is 28.9 Å². The molecule has 3 heteroatoms. The number of hydrogen-bond donors (Lipinski definition) is 1. The Morgan fingerprint density at radius 3 is 2.53 bits per heavy atom. The monoisotopic (exact) mass is 270 g/mol. The van der Waals surface area contributed by atoms with Crippen LogP contribution in [0.15, 0.2) is 22.7 Å². The van der Waals surface area contributed by atoms with Crippen molar-refractivity contribution in [3.05, 3.63) is 28.2 Å². The lowest BCUT2D eigenvalue weighted by molar-refractivity contribution is 0.645. The molecular weight excluding hydrogens is 252 g/mol. The molecule has 1 aromatic carbocycles. The van der Waals surface area contributed by atoms with E-state index in [1.165, 1.54) is 11.3 Å². The van der Waals surface area contributed by atoms with Crippen molar-refractivity contribution in [3.63, 3.8) is 0 Å². The molecule has 2 N–H and O–H groups in total. The summed E-state index contributed by atoms with van der Waals surface area (Å²) in [7, 11) is 4.08. The highest BCUT2D eigenvalue weighted by molar-refractivity contribution is 9.10. The summed E-state index contributed by atoms with van der Waals surface area (Å²) in [5.41, 5.74) is 8.43. The molecule has 0 aliphatic heterocycles. The van der Waals surface area contributed by atoms with Gasteiger partial charge in [0, 0.05) is 30.3 Å². The molecule has 2 nitrogen and oxygen atoms in total. The van der Waals surface area contributed by atoms with Crippen molar-refractivity contribution < 1.29 is 0 Å². The van der Waals surface area contributed by atoms with Gasteiger partial charge in [0.1, 0.15) is 0 Å². The number of rotatable bonds is 4. The molecule has 0 heterocycles. The second kappa shape index (κ2) is 5.52. The molecular formula is C12H19BrN2. The van der Waals surface area contributed by atoms with Crippen LogP contribution in [0, 0.1) is 0 Å². The zero-order chi connectivity index (χ0) is 11.4. The largest absolute Gasteiger partial charge is 0.378 e. The van der Waals surface area contributed by atoms with Crippen molar-refractivity contribution in [2.24, 2.45) is 5.73 Å². The Labute approximate surface area is 101 Å². The molecule has 0 fully saturated rings. The van der Waals surface area contributed by atoms with Crippen molar-refractivity contribution in [3.8, 4) is 0 Å². The minimum atomic E-state index is 0.256. The maximum atomic E-state index is 5.94. The number of nitrogens with zero attached hydrogens (tertiary/aromatic N) is 1. The third-order valence-corrected chi connectivity index (χ3v) is 3.30. The van der Waals surface area contributed by atoms with E-state index >= 15 is 0 Å². The molecule has 84 valence electrons. The van der Waals surface area contributed by atoms with Crippen molar-refractivity contribution in [2.75, 3.05) is 19.0 Å². The van der Waals surface area contributed by atoms with Gasteiger partial charge >= 0.3 is 0 Å². The van der Waals surface area contributed by atoms with Crippen LogP contribution in [0.3, 0.4) is 0 Å². The van der Waals surface area contributed by atoms with Crippen LogP contribution >= 0.6 is 15.9 Å². The molecule has 0 aromatic heterocycles. The van der Waals surface area contributed by atoms with Crippen LogP contribution in [0.1, 0.15) is 18.9 Å². The summed E-state index contributed by atoms with van der Waals surface area (Å²) in [6.07, 6.45) is 1.95. The lowest BCUT2D eigenvalue weighted by Crippen LogP contribution is -2.21. The Bertz CT molecular complexity index is 323. The van der Waals surface area contributed by atoms with Crippen LogP contribution in [0.2, 0.25) is 0 Å². The standard InChI is InChI=1S/C12H19BrN2/c1-4-10(14)7-9-5-6-11(15(2)3)8-12(9)13/h5-6,8,10H,4,7,14H2,1-3H3. The topological polar surface area (TPSA) is 29.3 Å². The summed E-state index contributed by atoms with van der Waals surface area (Å²) in [6.45, 7) is 2.12. The SMILES string of the molecule is CCC(N)Cc1ccc(N(C)C)cc1Br. The van der Waals surface area contributed by atoms with E-state index < -0.39 is 0 Å². The molecule has 0 spiro atoms. The molecule has 0 aliphatic carbocycles. The van der Waals surface area contributed by atoms with E-state index in [-0.39, 0.29) is 6.04 Å². The van der Waals surface area contributed by atoms with Crippen molar-refractivity contribution >= 4 is 21.6 Å². The molecule has 1 unspecified atom stereocenters. The van der Waals surface area contributed by atoms with Crippen LogP contribution in [-0.2, 0) is 6.42 Å². The third kappa shape index (κ3) is 3.50. The lowest BCUT2D eigenvalue weighted by atomic mass is 10.0. The molecule has 0 aliphatic rings. The lowest BCUT2D eigenvalue weighted by Gasteiger charge is -2.15. The molecule has 1 atom stereocenters. The summed E-state index contributed by atoms with van der Waals surface area (Å²) in [5.74, 6) is 0. The van der Waals surface area contributed by atoms with Crippen molar-refractivity contribution in [1.82, 2.24) is 0 Å². The first-order valence-corrected chi connectivity index (χ1v) is 6.05. The fourth-order valence-electron chi connectivity index (χ4n) is 1.41. The summed E-state index contributed by atoms with van der Waals surface area (Å²) >= 11 is 3.59. The highest BCUT2D eigenvalue weighted by atomic mass is 79.9. The van der Waals surface area contributed by atoms with Crippen LogP contribution < -0.4 is 10.6 Å². The average molecular weight is 271 g/mol. The van der Waals surface area contributed by atoms with E-state index in [0.717, 1.165) is 17.3 Å². The fraction of sp³-hybridized carbons (Fsp3) is 0.500. The zero-order valence-corrected chi connectivity index (χ0v) is 11.2. The van der Waals surface area contributed by atoms with E-state index in [1.54, 1.807) is 0 Å². The Kier molecular flexibility index (Phi) is 4.61. The van der Waals surface area contributed by atoms with Gasteiger partial charge in [-0.25, -0.2) is 0 Å². The zero-order valence-electron chi connectivity index (χ0n) is 9.63. The number of nitrogens with two attached hydrogens (primary N) is 1. The summed E-state index contributed by atoms with van der Waals surface area (Å²) in [6, 6.07) is 6.67. The molecule has 1 rings (SSSR count). The summed E-state index contributed by atoms with van der Waals surface area (Å²) in [5, 5.41) is 0. The van der Waals surface area contributed by atoms with E-state index in [9.17, 15) is 0 Å². The molecule has 0 bridgehead atoms. The molecule has 0 amide bonds. The molecule has 1 aromatic rings. The smallest absolute Gasteiger partial charge is 0.0372 e. The van der Waals surface area contributed by atoms with Gasteiger partial charge in [-0.15, -0.1) is 0 Å². The maximum Gasteiger partial charge on any atom is 0.0372 e. The second-order valence-electron chi connectivity index (χ2n) is 4.04. The third-order valence-electron chi connectivity index (χ3n) is 2.56. The number of hydrogen-bond acceptors (Lipinski definition) is 2. The van der Waals surface area contributed by atoms with Crippen molar-refractivity contribution in [2.45, 2.75) is 25.8 Å². The number of anilines is 1. The highest BCUT2D eigenvalue weighted by Gasteiger charge is 2.06. The Morgan fingerprint density at radius 2 is 2.07 bits per heavy atom. The van der Waals surface area contributed by atoms with Gasteiger partial charge in [0.05, 0.1) is 0 Å². The normalized spacial score (nSPS) is 12.6. The van der Waals surface area contributed by atoms with Crippen LogP contribution in [0.4, 0.5) is 5.69 Å². The molecule has 0 saturated carbocycles. The predicted octanol–water partition coefficient (Wildman–Crippen LogP) is 2.79. The van der Waals surface area contributed by atoms with Gasteiger partial charge in [0.2, 0.25) is 0 Å². The van der Waals surface area contributed by atoms with Gasteiger partial charge < -0.3 is 10.6 Å². The van der Waals surface area contributed by atoms with E-state index in [4.69, 9.17) is 5.73 Å². The number of halogens is 1. The van der Waals surface area contributed by atoms with Gasteiger partial charge in [-0.2, -0.15) is 0 Å². The van der Waals surface area contributed by atoms with Gasteiger partial charge in [0.25, 0.3) is 0 Å². The Morgan fingerprint density at radius 1 is 1.40 bits per heavy atom. The maximum absolute atomic E-state index is 5.94. The first kappa shape index (κ1) is 12.5. The fourth-order valence-corrected chi connectivity index (χ4v) is 1.94. The minimum absolute atomic E-state index is 0.256. The average Bonchev–Trinajstić information content (AvgIpc) is 2.20. The first-order chi connectivity index (χ1) is 7.04. The highest BCUT2D eigenvalue weighted by Crippen LogP contribution is 2.24. The Balaban J connectivity index is 2.83. The van der Waals surface area contributed by atoms with Gasteiger partial charge in [-0.05, 0) is 30.5 Å². The van der Waals surface area contributed by atoms with Gasteiger partial charge in [-0.3, -0.25) is 0 Å². The van der Waals surface area contributed by atoms with Gasteiger partial charge in [0.15, 0.2) is 0 Å². The van der Waals surface area contributed by atoms with E-state index in [2.05, 4.69) is 46.0 Å². The summed E-state index contributed by atoms with van der Waals surface area (Å²) < 4.78 is 1.15. The molecule has 0 radical (unpaired) electrons. The molecule has 15 heavy (non-hydrogen) atoms. The minimum Gasteiger partial charge on any atom is -0.378 e. The Hall–Kier alpha value is -0.540. The second-order valence-corrected chi connectivity index (χ2v) is 4.90. The van der Waals surface area contributed by atoms with E-state index in [0.29, 0.717) is 0 Å². The van der Waals surface area contributed by atoms with Crippen LogP contribution in [0.5, 0.6) is 0 Å². The van der Waals surface area contributed by atoms with E-state index in [1.807, 2.05) is 14.1 Å². The predicted molar refractivity (Wildman–Crippen MR) is 70.4 cm³/mol. The summed E-state index contributed by atoms with van der Waals surface area (Å²) in [4.78, 5) is 2.09.